The van der Waals surface area contributed by atoms with Crippen LogP contribution in [0.5, 0.6) is 0 Å². The molecule has 1 aliphatic carbocycles. The number of aliphatic carboxylic acids is 1. The molecule has 2 aliphatic rings. The molecular weight excluding hydrogens is 530 g/mol. The number of fused-ring (bicyclic) bond motifs is 3. The molecule has 0 radical (unpaired) electrons. The van der Waals surface area contributed by atoms with Crippen molar-refractivity contribution in [3.05, 3.63) is 95.6 Å². The monoisotopic (exact) mass is 569 g/mol. The summed E-state index contributed by atoms with van der Waals surface area (Å²) in [7, 11) is 0. The minimum atomic E-state index is -1.28. The second-order valence-corrected chi connectivity index (χ2v) is 11.8. The molecule has 1 unspecified atom stereocenters. The number of amides is 2. The summed E-state index contributed by atoms with van der Waals surface area (Å²) >= 11 is 0. The number of benzene rings is 3. The van der Waals surface area contributed by atoms with Gasteiger partial charge in [0.25, 0.3) is 0 Å². The Labute approximate surface area is 247 Å². The number of carboxylic acids is 1. The Balaban J connectivity index is 1.30. The van der Waals surface area contributed by atoms with E-state index in [4.69, 9.17) is 4.74 Å². The van der Waals surface area contributed by atoms with Gasteiger partial charge in [-0.2, -0.15) is 0 Å². The van der Waals surface area contributed by atoms with Crippen molar-refractivity contribution in [1.82, 2.24) is 15.5 Å². The first-order valence-corrected chi connectivity index (χ1v) is 14.7. The Morgan fingerprint density at radius 1 is 0.905 bits per heavy atom. The topological polar surface area (TPSA) is 108 Å². The SMILES string of the molecule is CC(C)CC(NC(=O)C1(NC(=O)OCC2c3ccccc3-c3ccccc32)CCN(Cc2ccccc2)CC1)C(=O)O. The number of nitrogens with zero attached hydrogens (tertiary/aromatic N) is 1. The average molecular weight is 570 g/mol. The molecule has 0 aromatic heterocycles. The van der Waals surface area contributed by atoms with E-state index in [2.05, 4.69) is 51.9 Å². The molecule has 1 fully saturated rings. The highest BCUT2D eigenvalue weighted by molar-refractivity contribution is 5.93. The molecule has 1 saturated heterocycles. The average Bonchev–Trinajstić information content (AvgIpc) is 3.30. The van der Waals surface area contributed by atoms with E-state index in [9.17, 15) is 19.5 Å². The van der Waals surface area contributed by atoms with Gasteiger partial charge in [0.2, 0.25) is 5.91 Å². The van der Waals surface area contributed by atoms with Gasteiger partial charge in [-0.3, -0.25) is 9.69 Å². The van der Waals surface area contributed by atoms with E-state index in [1.807, 2.05) is 56.3 Å². The molecule has 2 amide bonds. The molecule has 3 aromatic rings. The number of hydrogen-bond acceptors (Lipinski definition) is 5. The van der Waals surface area contributed by atoms with Crippen LogP contribution >= 0.6 is 0 Å². The van der Waals surface area contributed by atoms with Crippen molar-refractivity contribution in [1.29, 1.82) is 0 Å². The van der Waals surface area contributed by atoms with E-state index >= 15 is 0 Å². The number of carbonyl (C=O) groups excluding carboxylic acids is 2. The van der Waals surface area contributed by atoms with Crippen molar-refractivity contribution < 1.29 is 24.2 Å². The lowest BCUT2D eigenvalue weighted by molar-refractivity contribution is -0.144. The molecule has 3 N–H and O–H groups in total. The zero-order chi connectivity index (χ0) is 29.7. The quantitative estimate of drug-likeness (QED) is 0.311. The largest absolute Gasteiger partial charge is 0.480 e. The van der Waals surface area contributed by atoms with Crippen molar-refractivity contribution >= 4 is 18.0 Å². The molecule has 42 heavy (non-hydrogen) atoms. The summed E-state index contributed by atoms with van der Waals surface area (Å²) in [5, 5.41) is 15.4. The molecule has 8 heteroatoms. The predicted octanol–water partition coefficient (Wildman–Crippen LogP) is 5.18. The van der Waals surface area contributed by atoms with E-state index in [1.165, 1.54) is 5.56 Å². The van der Waals surface area contributed by atoms with E-state index in [-0.39, 0.29) is 18.4 Å². The summed E-state index contributed by atoms with van der Waals surface area (Å²) in [5.74, 6) is -1.61. The third-order valence-electron chi connectivity index (χ3n) is 8.39. The predicted molar refractivity (Wildman–Crippen MR) is 161 cm³/mol. The number of likely N-dealkylation sites (tertiary alicyclic amines) is 1. The summed E-state index contributed by atoms with van der Waals surface area (Å²) in [6.07, 6.45) is 0.287. The van der Waals surface area contributed by atoms with Gasteiger partial charge in [0.05, 0.1) is 0 Å². The zero-order valence-electron chi connectivity index (χ0n) is 24.2. The van der Waals surface area contributed by atoms with Crippen molar-refractivity contribution in [3.63, 3.8) is 0 Å². The fraction of sp³-hybridized carbons (Fsp3) is 0.382. The van der Waals surface area contributed by atoms with Crippen LogP contribution in [0.2, 0.25) is 0 Å². The van der Waals surface area contributed by atoms with Gasteiger partial charge < -0.3 is 20.5 Å². The number of carboxylic acid groups (broad SMARTS) is 1. The van der Waals surface area contributed by atoms with Crippen molar-refractivity contribution in [2.45, 2.75) is 57.2 Å². The van der Waals surface area contributed by atoms with Crippen LogP contribution in [0.1, 0.15) is 55.7 Å². The third kappa shape index (κ3) is 6.49. The number of ether oxygens (including phenoxy) is 1. The Morgan fingerprint density at radius 3 is 2.05 bits per heavy atom. The first kappa shape index (κ1) is 29.3. The van der Waals surface area contributed by atoms with Gasteiger partial charge in [0.15, 0.2) is 0 Å². The Morgan fingerprint density at radius 2 is 1.48 bits per heavy atom. The van der Waals surface area contributed by atoms with Gasteiger partial charge in [0, 0.05) is 25.6 Å². The zero-order valence-corrected chi connectivity index (χ0v) is 24.2. The van der Waals surface area contributed by atoms with Crippen LogP contribution in [0.25, 0.3) is 11.1 Å². The minimum absolute atomic E-state index is 0.0742. The normalized spacial score (nSPS) is 16.7. The van der Waals surface area contributed by atoms with Crippen molar-refractivity contribution in [2.24, 2.45) is 5.92 Å². The molecule has 1 aliphatic heterocycles. The first-order valence-electron chi connectivity index (χ1n) is 14.7. The summed E-state index contributed by atoms with van der Waals surface area (Å²) < 4.78 is 5.80. The van der Waals surface area contributed by atoms with E-state index < -0.39 is 29.6 Å². The maximum atomic E-state index is 13.7. The summed E-state index contributed by atoms with van der Waals surface area (Å²) in [6, 6.07) is 25.3. The standard InChI is InChI=1S/C34H39N3O5/c1-23(2)20-30(31(38)39)35-32(40)34(16-18-37(19-17-34)21-24-10-4-3-5-11-24)36-33(41)42-22-29-27-14-8-6-12-25(27)26-13-7-9-15-28(26)29/h3-15,23,29-30H,16-22H2,1-2H3,(H,35,40)(H,36,41)(H,38,39). The lowest BCUT2D eigenvalue weighted by atomic mass is 9.85. The van der Waals surface area contributed by atoms with E-state index in [0.29, 0.717) is 32.4 Å². The van der Waals surface area contributed by atoms with Gasteiger partial charge >= 0.3 is 12.1 Å². The van der Waals surface area contributed by atoms with Crippen LogP contribution in [0, 0.1) is 5.92 Å². The molecule has 8 nitrogen and oxygen atoms in total. The summed E-state index contributed by atoms with van der Waals surface area (Å²) in [4.78, 5) is 41.3. The van der Waals surface area contributed by atoms with Gasteiger partial charge in [-0.1, -0.05) is 92.7 Å². The molecule has 0 bridgehead atoms. The fourth-order valence-electron chi connectivity index (χ4n) is 6.16. The maximum Gasteiger partial charge on any atom is 0.408 e. The van der Waals surface area contributed by atoms with Gasteiger partial charge in [-0.15, -0.1) is 0 Å². The van der Waals surface area contributed by atoms with Gasteiger partial charge in [0.1, 0.15) is 18.2 Å². The summed E-state index contributed by atoms with van der Waals surface area (Å²) in [5.41, 5.74) is 4.36. The van der Waals surface area contributed by atoms with E-state index in [1.54, 1.807) is 0 Å². The first-order chi connectivity index (χ1) is 20.3. The lowest BCUT2D eigenvalue weighted by Gasteiger charge is -2.41. The van der Waals surface area contributed by atoms with Gasteiger partial charge in [-0.25, -0.2) is 9.59 Å². The maximum absolute atomic E-state index is 13.7. The number of hydrogen-bond donors (Lipinski definition) is 3. The van der Waals surface area contributed by atoms with Crippen LogP contribution in [0.3, 0.4) is 0 Å². The smallest absolute Gasteiger partial charge is 0.408 e. The molecule has 3 aromatic carbocycles. The molecular formula is C34H39N3O5. The number of piperidine rings is 1. The molecule has 0 saturated carbocycles. The number of nitrogens with one attached hydrogen (secondary N) is 2. The van der Waals surface area contributed by atoms with Crippen molar-refractivity contribution in [2.75, 3.05) is 19.7 Å². The highest BCUT2D eigenvalue weighted by Crippen LogP contribution is 2.44. The summed E-state index contributed by atoms with van der Waals surface area (Å²) in [6.45, 7) is 5.81. The van der Waals surface area contributed by atoms with Crippen LogP contribution in [-0.4, -0.2) is 59.3 Å². The molecule has 0 spiro atoms. The highest BCUT2D eigenvalue weighted by Gasteiger charge is 2.44. The lowest BCUT2D eigenvalue weighted by Crippen LogP contribution is -2.65. The highest BCUT2D eigenvalue weighted by atomic mass is 16.5. The third-order valence-corrected chi connectivity index (χ3v) is 8.39. The number of carbonyl (C=O) groups is 3. The molecule has 1 atom stereocenters. The second kappa shape index (κ2) is 12.8. The van der Waals surface area contributed by atoms with E-state index in [0.717, 1.165) is 28.8 Å². The van der Waals surface area contributed by atoms with Gasteiger partial charge in [-0.05, 0) is 53.0 Å². The number of rotatable bonds is 10. The van der Waals surface area contributed by atoms with Crippen LogP contribution in [0.4, 0.5) is 4.79 Å². The molecule has 1 heterocycles. The van der Waals surface area contributed by atoms with Crippen molar-refractivity contribution in [3.8, 4) is 11.1 Å². The Kier molecular flexibility index (Phi) is 8.92. The molecule has 220 valence electrons. The minimum Gasteiger partial charge on any atom is -0.480 e. The van der Waals surface area contributed by atoms with Crippen LogP contribution in [-0.2, 0) is 20.9 Å². The van der Waals surface area contributed by atoms with Crippen LogP contribution in [0.15, 0.2) is 78.9 Å². The second-order valence-electron chi connectivity index (χ2n) is 11.8. The van der Waals surface area contributed by atoms with Crippen LogP contribution < -0.4 is 10.6 Å². The number of alkyl carbamates (subject to hydrolysis) is 1. The fourth-order valence-corrected chi connectivity index (χ4v) is 6.16. The Bertz CT molecular complexity index is 1370. The molecule has 5 rings (SSSR count). The Hall–Kier alpha value is -4.17.